The fraction of sp³-hybridized carbons (Fsp3) is 0.481. The molecule has 6 nitrogen and oxygen atoms in total. The van der Waals surface area contributed by atoms with Gasteiger partial charge in [0.2, 0.25) is 5.91 Å². The maximum Gasteiger partial charge on any atom is 0.254 e. The van der Waals surface area contributed by atoms with E-state index < -0.39 is 29.0 Å². The highest BCUT2D eigenvalue weighted by atomic mass is 19.1. The monoisotopic (exact) mass is 483 g/mol. The predicted molar refractivity (Wildman–Crippen MR) is 126 cm³/mol. The molecule has 2 saturated heterocycles. The first-order chi connectivity index (χ1) is 16.7. The second kappa shape index (κ2) is 9.32. The van der Waals surface area contributed by atoms with Crippen LogP contribution < -0.4 is 5.73 Å². The summed E-state index contributed by atoms with van der Waals surface area (Å²) in [4.78, 5) is 28.4. The first-order valence-electron chi connectivity index (χ1n) is 12.4. The van der Waals surface area contributed by atoms with Crippen molar-refractivity contribution in [3.05, 3.63) is 70.8 Å². The van der Waals surface area contributed by atoms with Crippen LogP contribution in [0, 0.1) is 11.6 Å². The molecule has 2 amide bonds. The Morgan fingerprint density at radius 1 is 1.06 bits per heavy atom. The van der Waals surface area contributed by atoms with E-state index in [-0.39, 0.29) is 12.1 Å². The van der Waals surface area contributed by atoms with Gasteiger partial charge in [-0.25, -0.2) is 8.78 Å². The third-order valence-electron chi connectivity index (χ3n) is 7.97. The molecule has 3 fully saturated rings. The average molecular weight is 484 g/mol. The molecular weight excluding hydrogens is 452 g/mol. The largest absolute Gasteiger partial charge is 0.380 e. The topological polar surface area (TPSA) is 86.9 Å². The number of nitrogens with two attached hydrogens (primary N) is 1. The summed E-state index contributed by atoms with van der Waals surface area (Å²) >= 11 is 0. The molecule has 3 N–H and O–H groups in total. The lowest BCUT2D eigenvalue weighted by Crippen LogP contribution is -2.48. The van der Waals surface area contributed by atoms with Crippen LogP contribution in [-0.2, 0) is 11.3 Å². The molecule has 186 valence electrons. The third kappa shape index (κ3) is 4.82. The summed E-state index contributed by atoms with van der Waals surface area (Å²) in [7, 11) is 0. The molecule has 1 aliphatic carbocycles. The van der Waals surface area contributed by atoms with Gasteiger partial charge in [-0.15, -0.1) is 0 Å². The van der Waals surface area contributed by atoms with Crippen LogP contribution in [0.1, 0.15) is 65.9 Å². The van der Waals surface area contributed by atoms with Gasteiger partial charge in [-0.2, -0.15) is 0 Å². The molecule has 2 heterocycles. The Balaban J connectivity index is 1.28. The summed E-state index contributed by atoms with van der Waals surface area (Å²) in [5.41, 5.74) is 5.55. The number of benzene rings is 2. The summed E-state index contributed by atoms with van der Waals surface area (Å²) in [6.07, 6.45) is 4.75. The Kier molecular flexibility index (Phi) is 6.36. The van der Waals surface area contributed by atoms with E-state index in [2.05, 4.69) is 4.90 Å². The molecule has 0 unspecified atom stereocenters. The zero-order valence-electron chi connectivity index (χ0n) is 19.6. The number of hydrogen-bond acceptors (Lipinski definition) is 4. The quantitative estimate of drug-likeness (QED) is 0.603. The normalized spacial score (nSPS) is 24.8. The van der Waals surface area contributed by atoms with Crippen LogP contribution in [0.25, 0.3) is 0 Å². The van der Waals surface area contributed by atoms with Gasteiger partial charge in [0.05, 0.1) is 6.54 Å². The number of rotatable bonds is 8. The van der Waals surface area contributed by atoms with E-state index in [1.54, 1.807) is 6.07 Å². The van der Waals surface area contributed by atoms with Crippen LogP contribution >= 0.6 is 0 Å². The van der Waals surface area contributed by atoms with Crippen molar-refractivity contribution in [3.8, 4) is 0 Å². The predicted octanol–water partition coefficient (Wildman–Crippen LogP) is 3.33. The van der Waals surface area contributed by atoms with Crippen molar-refractivity contribution < 1.29 is 23.5 Å². The van der Waals surface area contributed by atoms with Crippen molar-refractivity contribution >= 4 is 11.8 Å². The van der Waals surface area contributed by atoms with Crippen molar-refractivity contribution in [2.45, 2.75) is 68.7 Å². The molecule has 2 aromatic carbocycles. The first kappa shape index (κ1) is 23.9. The van der Waals surface area contributed by atoms with Gasteiger partial charge < -0.3 is 15.7 Å². The molecule has 0 spiro atoms. The maximum absolute atomic E-state index is 14.3. The molecule has 2 aliphatic heterocycles. The van der Waals surface area contributed by atoms with Gasteiger partial charge in [0, 0.05) is 36.3 Å². The number of aliphatic hydroxyl groups is 1. The molecule has 35 heavy (non-hydrogen) atoms. The number of piperidine rings is 1. The second-order valence-corrected chi connectivity index (χ2v) is 10.2. The number of primary amides is 1. The molecule has 0 radical (unpaired) electrons. The van der Waals surface area contributed by atoms with Crippen LogP contribution in [0.3, 0.4) is 0 Å². The smallest absolute Gasteiger partial charge is 0.254 e. The van der Waals surface area contributed by atoms with Crippen molar-refractivity contribution in [2.75, 3.05) is 13.1 Å². The Bertz CT molecular complexity index is 1100. The Hall–Kier alpha value is -2.84. The molecule has 2 aromatic rings. The molecule has 3 atom stereocenters. The lowest BCUT2D eigenvalue weighted by molar-refractivity contribution is -0.143. The molecule has 2 bridgehead atoms. The zero-order valence-corrected chi connectivity index (χ0v) is 19.6. The molecule has 1 saturated carbocycles. The van der Waals surface area contributed by atoms with Gasteiger partial charge in [-0.1, -0.05) is 18.2 Å². The molecular formula is C27H31F2N3O3. The number of carbonyl (C=O) groups is 2. The van der Waals surface area contributed by atoms with Crippen molar-refractivity contribution in [1.29, 1.82) is 0 Å². The number of fused-ring (bicyclic) bond motifs is 2. The standard InChI is InChI=1S/C27H31F2N3O3/c28-23-5-2-6-24(29)22(23)16-31(26(34)27(35)9-10-27)11-12-32-20-7-8-21(32)15-19(14-20)17-3-1-4-18(13-17)25(30)33/h1-6,13,19-21,35H,7-12,14-16H2,(H2,30,33)/t19-,20+,21-. The number of halogens is 2. The van der Waals surface area contributed by atoms with Crippen LogP contribution in [0.4, 0.5) is 8.78 Å². The molecule has 8 heteroatoms. The van der Waals surface area contributed by atoms with E-state index in [1.165, 1.54) is 23.1 Å². The molecule has 5 rings (SSSR count). The van der Waals surface area contributed by atoms with E-state index >= 15 is 0 Å². The van der Waals surface area contributed by atoms with E-state index in [0.717, 1.165) is 31.2 Å². The van der Waals surface area contributed by atoms with Crippen molar-refractivity contribution in [3.63, 3.8) is 0 Å². The van der Waals surface area contributed by atoms with Gasteiger partial charge in [0.25, 0.3) is 5.91 Å². The number of hydrogen-bond donors (Lipinski definition) is 2. The number of carbonyl (C=O) groups excluding carboxylic acids is 2. The summed E-state index contributed by atoms with van der Waals surface area (Å²) in [5, 5.41) is 10.4. The van der Waals surface area contributed by atoms with Crippen molar-refractivity contribution in [2.24, 2.45) is 5.73 Å². The fourth-order valence-corrected chi connectivity index (χ4v) is 5.85. The van der Waals surface area contributed by atoms with Crippen LogP contribution in [-0.4, -0.2) is 57.5 Å². The summed E-state index contributed by atoms with van der Waals surface area (Å²) in [6.45, 7) is 0.677. The number of nitrogens with zero attached hydrogens (tertiary/aromatic N) is 2. The highest BCUT2D eigenvalue weighted by Gasteiger charge is 2.50. The SMILES string of the molecule is NC(=O)c1cccc([C@H]2C[C@H]3CC[C@@H](C2)N3CCN(Cc2c(F)cccc2F)C(=O)C2(O)CC2)c1. The maximum atomic E-state index is 14.3. The zero-order chi connectivity index (χ0) is 24.7. The Labute approximate surface area is 203 Å². The third-order valence-corrected chi connectivity index (χ3v) is 7.97. The highest BCUT2D eigenvalue weighted by molar-refractivity contribution is 5.92. The van der Waals surface area contributed by atoms with Crippen LogP contribution in [0.15, 0.2) is 42.5 Å². The van der Waals surface area contributed by atoms with Gasteiger partial charge in [0.15, 0.2) is 0 Å². The van der Waals surface area contributed by atoms with Gasteiger partial charge in [-0.3, -0.25) is 14.5 Å². The highest BCUT2D eigenvalue weighted by Crippen LogP contribution is 2.43. The Morgan fingerprint density at radius 2 is 1.69 bits per heavy atom. The van der Waals surface area contributed by atoms with Gasteiger partial charge in [0.1, 0.15) is 17.2 Å². The average Bonchev–Trinajstić information content (AvgIpc) is 3.55. The molecule has 0 aromatic heterocycles. The van der Waals surface area contributed by atoms with E-state index in [9.17, 15) is 23.5 Å². The minimum atomic E-state index is -1.40. The number of amides is 2. The van der Waals surface area contributed by atoms with Crippen LogP contribution in [0.5, 0.6) is 0 Å². The van der Waals surface area contributed by atoms with Crippen LogP contribution in [0.2, 0.25) is 0 Å². The minimum absolute atomic E-state index is 0.152. The summed E-state index contributed by atoms with van der Waals surface area (Å²) < 4.78 is 28.6. The van der Waals surface area contributed by atoms with E-state index in [0.29, 0.717) is 49.5 Å². The summed E-state index contributed by atoms with van der Waals surface area (Å²) in [6, 6.07) is 11.9. The summed E-state index contributed by atoms with van der Waals surface area (Å²) in [5.74, 6) is -1.93. The lowest BCUT2D eigenvalue weighted by Gasteiger charge is -2.40. The Morgan fingerprint density at radius 3 is 2.29 bits per heavy atom. The lowest BCUT2D eigenvalue weighted by atomic mass is 9.84. The first-order valence-corrected chi connectivity index (χ1v) is 12.4. The van der Waals surface area contributed by atoms with E-state index in [1.807, 2.05) is 18.2 Å². The minimum Gasteiger partial charge on any atom is -0.380 e. The second-order valence-electron chi connectivity index (χ2n) is 10.2. The van der Waals surface area contributed by atoms with Gasteiger partial charge >= 0.3 is 0 Å². The van der Waals surface area contributed by atoms with Crippen molar-refractivity contribution in [1.82, 2.24) is 9.80 Å². The molecule has 3 aliphatic rings. The van der Waals surface area contributed by atoms with E-state index in [4.69, 9.17) is 5.73 Å². The van der Waals surface area contributed by atoms with Gasteiger partial charge in [-0.05, 0) is 74.3 Å². The fourth-order valence-electron chi connectivity index (χ4n) is 5.85.